The predicted molar refractivity (Wildman–Crippen MR) is 71.8 cm³/mol. The topological polar surface area (TPSA) is 75.6 Å². The van der Waals surface area contributed by atoms with Crippen LogP contribution in [0.1, 0.15) is 30.6 Å². The molecule has 19 heavy (non-hydrogen) atoms. The molecule has 1 aromatic rings. The smallest absolute Gasteiger partial charge is 0.305 e. The fourth-order valence-electron chi connectivity index (χ4n) is 1.65. The molecule has 1 rings (SSSR count). The van der Waals surface area contributed by atoms with Crippen molar-refractivity contribution in [2.45, 2.75) is 25.8 Å². The second-order valence-electron chi connectivity index (χ2n) is 4.75. The van der Waals surface area contributed by atoms with Crippen molar-refractivity contribution in [1.29, 1.82) is 0 Å². The summed E-state index contributed by atoms with van der Waals surface area (Å²) in [5.41, 5.74) is -0.543. The summed E-state index contributed by atoms with van der Waals surface area (Å²) in [6.07, 6.45) is -0.172. The molecule has 0 aliphatic rings. The lowest BCUT2D eigenvalue weighted by atomic mass is 10.00. The number of carboxylic acid groups (broad SMARTS) is 1. The predicted octanol–water partition coefficient (Wildman–Crippen LogP) is 2.33. The molecule has 0 fully saturated rings. The normalized spacial score (nSPS) is 10.9. The number of hydrogen-bond acceptors (Lipinski definition) is 3. The minimum Gasteiger partial charge on any atom is -0.496 e. The van der Waals surface area contributed by atoms with Gasteiger partial charge in [-0.05, 0) is 32.0 Å². The summed E-state index contributed by atoms with van der Waals surface area (Å²) in [6.45, 7) is 3.28. The van der Waals surface area contributed by atoms with E-state index >= 15 is 0 Å². The maximum Gasteiger partial charge on any atom is 0.305 e. The molecule has 2 N–H and O–H groups in total. The Morgan fingerprint density at radius 3 is 2.58 bits per heavy atom. The van der Waals surface area contributed by atoms with E-state index in [1.807, 2.05) is 0 Å². The van der Waals surface area contributed by atoms with Gasteiger partial charge in [-0.2, -0.15) is 0 Å². The number of carbonyl (C=O) groups excluding carboxylic acids is 1. The fourth-order valence-corrected chi connectivity index (χ4v) is 1.81. The van der Waals surface area contributed by atoms with Crippen LogP contribution in [0.25, 0.3) is 0 Å². The third-order valence-electron chi connectivity index (χ3n) is 2.45. The third-order valence-corrected chi connectivity index (χ3v) is 2.69. The standard InChI is InChI=1S/C13H16ClNO4/c1-13(2,7-11(16)17)15-12(18)9-5-4-8(14)6-10(9)19-3/h4-6H,7H2,1-3H3,(H,15,18)(H,16,17). The van der Waals surface area contributed by atoms with Gasteiger partial charge in [0.05, 0.1) is 19.1 Å². The average Bonchev–Trinajstić information content (AvgIpc) is 2.25. The van der Waals surface area contributed by atoms with Gasteiger partial charge in [0, 0.05) is 10.6 Å². The highest BCUT2D eigenvalue weighted by Gasteiger charge is 2.25. The van der Waals surface area contributed by atoms with Gasteiger partial charge in [-0.1, -0.05) is 11.6 Å². The van der Waals surface area contributed by atoms with Crippen LogP contribution in [0.15, 0.2) is 18.2 Å². The van der Waals surface area contributed by atoms with E-state index in [1.165, 1.54) is 19.2 Å². The number of aliphatic carboxylic acids is 1. The number of ether oxygens (including phenoxy) is 1. The first-order valence-corrected chi connectivity index (χ1v) is 6.01. The summed E-state index contributed by atoms with van der Waals surface area (Å²) in [6, 6.07) is 4.64. The molecule has 0 saturated carbocycles. The Morgan fingerprint density at radius 2 is 2.05 bits per heavy atom. The lowest BCUT2D eigenvalue weighted by molar-refractivity contribution is -0.138. The summed E-state index contributed by atoms with van der Waals surface area (Å²) in [5, 5.41) is 11.9. The Hall–Kier alpha value is -1.75. The van der Waals surface area contributed by atoms with Gasteiger partial charge < -0.3 is 15.2 Å². The Bertz CT molecular complexity index is 499. The van der Waals surface area contributed by atoms with Gasteiger partial charge in [-0.25, -0.2) is 0 Å². The van der Waals surface area contributed by atoms with Crippen molar-refractivity contribution < 1.29 is 19.4 Å². The number of amides is 1. The van der Waals surface area contributed by atoms with Crippen LogP contribution in [0, 0.1) is 0 Å². The van der Waals surface area contributed by atoms with Crippen molar-refractivity contribution in [3.63, 3.8) is 0 Å². The van der Waals surface area contributed by atoms with Crippen molar-refractivity contribution in [3.05, 3.63) is 28.8 Å². The second-order valence-corrected chi connectivity index (χ2v) is 5.19. The highest BCUT2D eigenvalue weighted by Crippen LogP contribution is 2.23. The van der Waals surface area contributed by atoms with Gasteiger partial charge in [0.1, 0.15) is 5.75 Å². The summed E-state index contributed by atoms with van der Waals surface area (Å²) < 4.78 is 5.08. The summed E-state index contributed by atoms with van der Waals surface area (Å²) in [4.78, 5) is 22.8. The lowest BCUT2D eigenvalue weighted by Gasteiger charge is -2.24. The molecular weight excluding hydrogens is 270 g/mol. The summed E-state index contributed by atoms with van der Waals surface area (Å²) in [7, 11) is 1.44. The molecular formula is C13H16ClNO4. The van der Waals surface area contributed by atoms with Gasteiger partial charge >= 0.3 is 5.97 Å². The lowest BCUT2D eigenvalue weighted by Crippen LogP contribution is -2.45. The van der Waals surface area contributed by atoms with Gasteiger partial charge in [-0.15, -0.1) is 0 Å². The zero-order chi connectivity index (χ0) is 14.6. The first kappa shape index (κ1) is 15.3. The van der Waals surface area contributed by atoms with Crippen molar-refractivity contribution in [2.75, 3.05) is 7.11 Å². The first-order chi connectivity index (χ1) is 8.75. The molecule has 0 saturated heterocycles. The van der Waals surface area contributed by atoms with Crippen molar-refractivity contribution in [2.24, 2.45) is 0 Å². The molecule has 104 valence electrons. The maximum absolute atomic E-state index is 12.1. The molecule has 0 heterocycles. The monoisotopic (exact) mass is 285 g/mol. The molecule has 0 aromatic heterocycles. The summed E-state index contributed by atoms with van der Waals surface area (Å²) in [5.74, 6) is -1.04. The molecule has 0 aliphatic heterocycles. The fraction of sp³-hybridized carbons (Fsp3) is 0.385. The highest BCUT2D eigenvalue weighted by molar-refractivity contribution is 6.30. The molecule has 0 unspecified atom stereocenters. The Balaban J connectivity index is 2.92. The van der Waals surface area contributed by atoms with E-state index in [9.17, 15) is 9.59 Å². The van der Waals surface area contributed by atoms with Gasteiger partial charge in [0.2, 0.25) is 0 Å². The number of rotatable bonds is 5. The molecule has 0 atom stereocenters. The Kier molecular flexibility index (Phi) is 4.78. The molecule has 0 spiro atoms. The number of hydrogen-bond donors (Lipinski definition) is 2. The zero-order valence-corrected chi connectivity index (χ0v) is 11.7. The van der Waals surface area contributed by atoms with Crippen LogP contribution in [0.2, 0.25) is 5.02 Å². The average molecular weight is 286 g/mol. The molecule has 0 radical (unpaired) electrons. The quantitative estimate of drug-likeness (QED) is 0.870. The van der Waals surface area contributed by atoms with E-state index in [4.69, 9.17) is 21.4 Å². The van der Waals surface area contributed by atoms with Crippen LogP contribution in [0.3, 0.4) is 0 Å². The minimum absolute atomic E-state index is 0.172. The maximum atomic E-state index is 12.1. The van der Waals surface area contributed by atoms with Crippen LogP contribution in [0.5, 0.6) is 5.75 Å². The van der Waals surface area contributed by atoms with E-state index in [0.29, 0.717) is 16.3 Å². The van der Waals surface area contributed by atoms with Crippen LogP contribution in [0.4, 0.5) is 0 Å². The Labute approximate surface area is 116 Å². The van der Waals surface area contributed by atoms with Crippen molar-refractivity contribution >= 4 is 23.5 Å². The molecule has 1 amide bonds. The van der Waals surface area contributed by atoms with Crippen molar-refractivity contribution in [3.8, 4) is 5.75 Å². The highest BCUT2D eigenvalue weighted by atomic mass is 35.5. The van der Waals surface area contributed by atoms with Gasteiger partial charge in [0.25, 0.3) is 5.91 Å². The number of nitrogens with one attached hydrogen (secondary N) is 1. The van der Waals surface area contributed by atoms with Crippen molar-refractivity contribution in [1.82, 2.24) is 5.32 Å². The van der Waals surface area contributed by atoms with Gasteiger partial charge in [-0.3, -0.25) is 9.59 Å². The van der Waals surface area contributed by atoms with E-state index in [-0.39, 0.29) is 6.42 Å². The van der Waals surface area contributed by atoms with E-state index in [1.54, 1.807) is 19.9 Å². The van der Waals surface area contributed by atoms with Crippen LogP contribution in [-0.4, -0.2) is 29.6 Å². The van der Waals surface area contributed by atoms with E-state index < -0.39 is 17.4 Å². The number of benzene rings is 1. The molecule has 6 heteroatoms. The molecule has 5 nitrogen and oxygen atoms in total. The van der Waals surface area contributed by atoms with Crippen LogP contribution in [-0.2, 0) is 4.79 Å². The van der Waals surface area contributed by atoms with Crippen LogP contribution >= 0.6 is 11.6 Å². The van der Waals surface area contributed by atoms with Crippen LogP contribution < -0.4 is 10.1 Å². The number of methoxy groups -OCH3 is 1. The van der Waals surface area contributed by atoms with E-state index in [2.05, 4.69) is 5.32 Å². The number of halogens is 1. The molecule has 0 aliphatic carbocycles. The molecule has 1 aromatic carbocycles. The number of carboxylic acids is 1. The largest absolute Gasteiger partial charge is 0.496 e. The third kappa shape index (κ3) is 4.44. The SMILES string of the molecule is COc1cc(Cl)ccc1C(=O)NC(C)(C)CC(=O)O. The van der Waals surface area contributed by atoms with Gasteiger partial charge in [0.15, 0.2) is 0 Å². The molecule has 0 bridgehead atoms. The zero-order valence-electron chi connectivity index (χ0n) is 11.0. The first-order valence-electron chi connectivity index (χ1n) is 5.63. The minimum atomic E-state index is -0.978. The Morgan fingerprint density at radius 1 is 1.42 bits per heavy atom. The van der Waals surface area contributed by atoms with E-state index in [0.717, 1.165) is 0 Å². The second kappa shape index (κ2) is 5.93. The number of carbonyl (C=O) groups is 2. The summed E-state index contributed by atoms with van der Waals surface area (Å²) >= 11 is 5.81.